The van der Waals surface area contributed by atoms with Gasteiger partial charge in [0.25, 0.3) is 0 Å². The van der Waals surface area contributed by atoms with E-state index in [9.17, 15) is 9.18 Å². The molecule has 0 aliphatic carbocycles. The molecule has 134 valence electrons. The van der Waals surface area contributed by atoms with Gasteiger partial charge in [-0.25, -0.2) is 4.39 Å². The van der Waals surface area contributed by atoms with E-state index in [0.717, 1.165) is 19.5 Å². The highest BCUT2D eigenvalue weighted by molar-refractivity contribution is 5.81. The van der Waals surface area contributed by atoms with Gasteiger partial charge < -0.3 is 14.6 Å². The van der Waals surface area contributed by atoms with Crippen LogP contribution in [0.1, 0.15) is 19.1 Å². The van der Waals surface area contributed by atoms with Crippen molar-refractivity contribution in [2.45, 2.75) is 25.9 Å². The number of amides is 1. The second-order valence-corrected chi connectivity index (χ2v) is 5.95. The second kappa shape index (κ2) is 8.22. The maximum atomic E-state index is 13.8. The molecule has 1 amide bonds. The van der Waals surface area contributed by atoms with Gasteiger partial charge in [0.15, 0.2) is 5.76 Å². The SMILES string of the molecule is CCC(C(=O)NCc1cc(-c2ccccc2F)no1)N1CCOCC1. The summed E-state index contributed by atoms with van der Waals surface area (Å²) in [5, 5.41) is 6.76. The molecule has 1 aromatic heterocycles. The van der Waals surface area contributed by atoms with Crippen molar-refractivity contribution in [3.63, 3.8) is 0 Å². The average molecular weight is 347 g/mol. The highest BCUT2D eigenvalue weighted by Crippen LogP contribution is 2.22. The Morgan fingerprint density at radius 3 is 2.84 bits per heavy atom. The van der Waals surface area contributed by atoms with E-state index in [1.807, 2.05) is 6.92 Å². The zero-order chi connectivity index (χ0) is 17.6. The Kier molecular flexibility index (Phi) is 5.78. The number of morpholine rings is 1. The molecule has 25 heavy (non-hydrogen) atoms. The number of ether oxygens (including phenoxy) is 1. The van der Waals surface area contributed by atoms with Crippen LogP contribution in [-0.2, 0) is 16.1 Å². The number of rotatable bonds is 6. The molecular weight excluding hydrogens is 325 g/mol. The molecule has 6 nitrogen and oxygen atoms in total. The van der Waals surface area contributed by atoms with E-state index >= 15 is 0 Å². The minimum absolute atomic E-state index is 0.0479. The molecule has 0 radical (unpaired) electrons. The van der Waals surface area contributed by atoms with Crippen molar-refractivity contribution in [3.05, 3.63) is 41.9 Å². The van der Waals surface area contributed by atoms with Crippen molar-refractivity contribution in [2.75, 3.05) is 26.3 Å². The van der Waals surface area contributed by atoms with E-state index in [4.69, 9.17) is 9.26 Å². The van der Waals surface area contributed by atoms with Crippen LogP contribution < -0.4 is 5.32 Å². The molecule has 1 aromatic carbocycles. The van der Waals surface area contributed by atoms with E-state index in [1.54, 1.807) is 24.3 Å². The minimum Gasteiger partial charge on any atom is -0.379 e. The van der Waals surface area contributed by atoms with Gasteiger partial charge in [0.2, 0.25) is 5.91 Å². The Balaban J connectivity index is 1.59. The standard InChI is InChI=1S/C18H22FN3O3/c1-2-17(22-7-9-24-10-8-22)18(23)20-12-13-11-16(21-25-13)14-5-3-4-6-15(14)19/h3-6,11,17H,2,7-10,12H2,1H3,(H,20,23). The lowest BCUT2D eigenvalue weighted by molar-refractivity contribution is -0.128. The van der Waals surface area contributed by atoms with Crippen LogP contribution in [0.5, 0.6) is 0 Å². The molecule has 3 rings (SSSR count). The van der Waals surface area contributed by atoms with Crippen LogP contribution in [0.15, 0.2) is 34.9 Å². The first-order valence-corrected chi connectivity index (χ1v) is 8.49. The number of nitrogens with zero attached hydrogens (tertiary/aromatic N) is 2. The molecule has 0 saturated carbocycles. The zero-order valence-electron chi connectivity index (χ0n) is 14.2. The van der Waals surface area contributed by atoms with Crippen LogP contribution in [0.25, 0.3) is 11.3 Å². The van der Waals surface area contributed by atoms with Crippen LogP contribution in [0.3, 0.4) is 0 Å². The van der Waals surface area contributed by atoms with Crippen LogP contribution in [0.2, 0.25) is 0 Å². The van der Waals surface area contributed by atoms with Crippen LogP contribution in [0.4, 0.5) is 4.39 Å². The summed E-state index contributed by atoms with van der Waals surface area (Å²) < 4.78 is 24.3. The van der Waals surface area contributed by atoms with Gasteiger partial charge in [0.05, 0.1) is 25.8 Å². The van der Waals surface area contributed by atoms with Crippen molar-refractivity contribution in [3.8, 4) is 11.3 Å². The second-order valence-electron chi connectivity index (χ2n) is 5.95. The lowest BCUT2D eigenvalue weighted by atomic mass is 10.1. The molecule has 1 aliphatic rings. The monoisotopic (exact) mass is 347 g/mol. The molecule has 7 heteroatoms. The maximum Gasteiger partial charge on any atom is 0.237 e. The molecule has 2 aromatic rings. The Morgan fingerprint density at radius 2 is 2.12 bits per heavy atom. The zero-order valence-corrected chi connectivity index (χ0v) is 14.2. The number of nitrogens with one attached hydrogen (secondary N) is 1. The largest absolute Gasteiger partial charge is 0.379 e. The average Bonchev–Trinajstić information content (AvgIpc) is 3.11. The van der Waals surface area contributed by atoms with Gasteiger partial charge >= 0.3 is 0 Å². The fourth-order valence-electron chi connectivity index (χ4n) is 2.98. The number of halogens is 1. The lowest BCUT2D eigenvalue weighted by Crippen LogP contribution is -2.50. The summed E-state index contributed by atoms with van der Waals surface area (Å²) in [5.74, 6) is 0.0847. The summed E-state index contributed by atoms with van der Waals surface area (Å²) in [5.41, 5.74) is 0.797. The molecule has 1 aliphatic heterocycles. The van der Waals surface area contributed by atoms with Gasteiger partial charge in [0.1, 0.15) is 11.5 Å². The Bertz CT molecular complexity index is 713. The number of carbonyl (C=O) groups is 1. The quantitative estimate of drug-likeness (QED) is 0.868. The number of benzene rings is 1. The molecule has 2 heterocycles. The van der Waals surface area contributed by atoms with E-state index in [2.05, 4.69) is 15.4 Å². The Morgan fingerprint density at radius 1 is 1.36 bits per heavy atom. The first kappa shape index (κ1) is 17.6. The summed E-state index contributed by atoms with van der Waals surface area (Å²) in [6.07, 6.45) is 0.725. The molecule has 1 unspecified atom stereocenters. The first-order valence-electron chi connectivity index (χ1n) is 8.49. The molecule has 0 spiro atoms. The Labute approximate surface area is 145 Å². The highest BCUT2D eigenvalue weighted by atomic mass is 19.1. The highest BCUT2D eigenvalue weighted by Gasteiger charge is 2.25. The number of hydrogen-bond acceptors (Lipinski definition) is 5. The molecule has 1 fully saturated rings. The summed E-state index contributed by atoms with van der Waals surface area (Å²) >= 11 is 0. The van der Waals surface area contributed by atoms with Crippen LogP contribution in [-0.4, -0.2) is 48.3 Å². The molecule has 1 N–H and O–H groups in total. The topological polar surface area (TPSA) is 67.6 Å². The smallest absolute Gasteiger partial charge is 0.237 e. The maximum absolute atomic E-state index is 13.8. The van der Waals surface area contributed by atoms with Crippen molar-refractivity contribution in [2.24, 2.45) is 0 Å². The summed E-state index contributed by atoms with van der Waals surface area (Å²) in [4.78, 5) is 14.6. The van der Waals surface area contributed by atoms with E-state index in [-0.39, 0.29) is 24.3 Å². The number of hydrogen-bond donors (Lipinski definition) is 1. The van der Waals surface area contributed by atoms with Gasteiger partial charge in [-0.3, -0.25) is 9.69 Å². The van der Waals surface area contributed by atoms with Crippen LogP contribution >= 0.6 is 0 Å². The number of carbonyl (C=O) groups excluding carboxylic acids is 1. The lowest BCUT2D eigenvalue weighted by Gasteiger charge is -2.32. The fraction of sp³-hybridized carbons (Fsp3) is 0.444. The number of aromatic nitrogens is 1. The summed E-state index contributed by atoms with van der Waals surface area (Å²) in [6, 6.07) is 7.84. The molecule has 1 saturated heterocycles. The van der Waals surface area contributed by atoms with Gasteiger partial charge in [-0.2, -0.15) is 0 Å². The van der Waals surface area contributed by atoms with E-state index in [1.165, 1.54) is 6.07 Å². The molecular formula is C18H22FN3O3. The predicted molar refractivity (Wildman–Crippen MR) is 90.2 cm³/mol. The van der Waals surface area contributed by atoms with Crippen molar-refractivity contribution >= 4 is 5.91 Å². The summed E-state index contributed by atoms with van der Waals surface area (Å²) in [6.45, 7) is 5.03. The molecule has 0 bridgehead atoms. The van der Waals surface area contributed by atoms with E-state index in [0.29, 0.717) is 30.2 Å². The Hall–Kier alpha value is -2.25. The minimum atomic E-state index is -0.357. The predicted octanol–water partition coefficient (Wildman–Crippen LogP) is 2.21. The normalized spacial score (nSPS) is 16.6. The van der Waals surface area contributed by atoms with E-state index < -0.39 is 0 Å². The van der Waals surface area contributed by atoms with Crippen molar-refractivity contribution in [1.82, 2.24) is 15.4 Å². The van der Waals surface area contributed by atoms with Crippen molar-refractivity contribution in [1.29, 1.82) is 0 Å². The third-order valence-electron chi connectivity index (χ3n) is 4.32. The first-order chi connectivity index (χ1) is 12.2. The summed E-state index contributed by atoms with van der Waals surface area (Å²) in [7, 11) is 0. The van der Waals surface area contributed by atoms with Gasteiger partial charge in [0, 0.05) is 24.7 Å². The third-order valence-corrected chi connectivity index (χ3v) is 4.32. The van der Waals surface area contributed by atoms with Gasteiger partial charge in [-0.15, -0.1) is 0 Å². The third kappa shape index (κ3) is 4.24. The fourth-order valence-corrected chi connectivity index (χ4v) is 2.98. The van der Waals surface area contributed by atoms with Gasteiger partial charge in [-0.05, 0) is 18.6 Å². The molecule has 1 atom stereocenters. The van der Waals surface area contributed by atoms with Crippen molar-refractivity contribution < 1.29 is 18.4 Å². The van der Waals surface area contributed by atoms with Gasteiger partial charge in [-0.1, -0.05) is 24.2 Å². The van der Waals surface area contributed by atoms with Crippen LogP contribution in [0, 0.1) is 5.82 Å².